The molecule has 1 N–H and O–H groups in total. The smallest absolute Gasteiger partial charge is 0.246 e. The van der Waals surface area contributed by atoms with Crippen molar-refractivity contribution in [3.05, 3.63) is 12.2 Å². The highest BCUT2D eigenvalue weighted by molar-refractivity contribution is 5.92. The number of carbonyl (C=O) groups is 1. The third-order valence-electron chi connectivity index (χ3n) is 2.47. The number of hydrogen-bond acceptors (Lipinski definition) is 1. The molecular weight excluding hydrogens is 186 g/mol. The van der Waals surface area contributed by atoms with E-state index in [2.05, 4.69) is 25.7 Å². The molecule has 0 fully saturated rings. The van der Waals surface area contributed by atoms with Gasteiger partial charge in [-0.05, 0) is 19.3 Å². The lowest BCUT2D eigenvalue weighted by molar-refractivity contribution is -0.117. The van der Waals surface area contributed by atoms with Crippen LogP contribution in [0.1, 0.15) is 58.8 Å². The Morgan fingerprint density at radius 2 is 1.73 bits per heavy atom. The number of amides is 1. The van der Waals surface area contributed by atoms with Crippen LogP contribution in [0.25, 0.3) is 0 Å². The van der Waals surface area contributed by atoms with Crippen LogP contribution >= 0.6 is 0 Å². The van der Waals surface area contributed by atoms with Crippen LogP contribution in [-0.4, -0.2) is 12.5 Å². The number of carbonyl (C=O) groups excluding carboxylic acids is 1. The summed E-state index contributed by atoms with van der Waals surface area (Å²) in [6, 6.07) is 0. The first-order valence-corrected chi connectivity index (χ1v) is 6.18. The normalized spacial score (nSPS) is 10.0. The first-order valence-electron chi connectivity index (χ1n) is 6.18. The van der Waals surface area contributed by atoms with Gasteiger partial charge in [0.1, 0.15) is 0 Å². The van der Waals surface area contributed by atoms with Crippen molar-refractivity contribution in [2.75, 3.05) is 6.54 Å². The van der Waals surface area contributed by atoms with Crippen molar-refractivity contribution < 1.29 is 4.79 Å². The maximum Gasteiger partial charge on any atom is 0.246 e. The summed E-state index contributed by atoms with van der Waals surface area (Å²) in [5.74, 6) is 0.0416. The molecule has 0 radical (unpaired) electrons. The molecular formula is C13H25NO. The molecule has 0 saturated carbocycles. The lowest BCUT2D eigenvalue weighted by Gasteiger charge is -2.06. The zero-order valence-electron chi connectivity index (χ0n) is 10.3. The van der Waals surface area contributed by atoms with Crippen molar-refractivity contribution >= 4 is 5.91 Å². The second-order valence-electron chi connectivity index (χ2n) is 4.02. The van der Waals surface area contributed by atoms with E-state index in [0.717, 1.165) is 37.8 Å². The largest absolute Gasteiger partial charge is 0.352 e. The van der Waals surface area contributed by atoms with Gasteiger partial charge in [-0.2, -0.15) is 0 Å². The highest BCUT2D eigenvalue weighted by Gasteiger charge is 2.04. The standard InChI is InChI=1S/C13H25NO/c1-4-6-8-9-10-12(3)13(15)14-11-7-5-2/h3-11H2,1-2H3,(H,14,15). The summed E-state index contributed by atoms with van der Waals surface area (Å²) in [5.41, 5.74) is 0.738. The third kappa shape index (κ3) is 8.22. The van der Waals surface area contributed by atoms with Gasteiger partial charge in [-0.1, -0.05) is 46.1 Å². The van der Waals surface area contributed by atoms with Crippen molar-refractivity contribution in [1.29, 1.82) is 0 Å². The Morgan fingerprint density at radius 3 is 2.33 bits per heavy atom. The highest BCUT2D eigenvalue weighted by Crippen LogP contribution is 2.08. The second kappa shape index (κ2) is 9.75. The highest BCUT2D eigenvalue weighted by atomic mass is 16.1. The molecule has 0 aliphatic carbocycles. The van der Waals surface area contributed by atoms with Crippen LogP contribution in [0, 0.1) is 0 Å². The molecule has 0 aromatic heterocycles. The predicted octanol–water partition coefficient (Wildman–Crippen LogP) is 3.43. The van der Waals surface area contributed by atoms with Crippen LogP contribution in [0.5, 0.6) is 0 Å². The number of nitrogens with one attached hydrogen (secondary N) is 1. The van der Waals surface area contributed by atoms with Crippen LogP contribution in [0.15, 0.2) is 12.2 Å². The molecule has 0 heterocycles. The van der Waals surface area contributed by atoms with E-state index in [1.165, 1.54) is 19.3 Å². The first kappa shape index (κ1) is 14.2. The Balaban J connectivity index is 3.47. The lowest BCUT2D eigenvalue weighted by atomic mass is 10.1. The summed E-state index contributed by atoms with van der Waals surface area (Å²) in [7, 11) is 0. The minimum Gasteiger partial charge on any atom is -0.352 e. The maximum absolute atomic E-state index is 11.5. The first-order chi connectivity index (χ1) is 7.22. The van der Waals surface area contributed by atoms with Gasteiger partial charge in [0, 0.05) is 12.1 Å². The Kier molecular flexibility index (Phi) is 9.24. The molecule has 0 atom stereocenters. The monoisotopic (exact) mass is 211 g/mol. The summed E-state index contributed by atoms with van der Waals surface area (Å²) in [6.45, 7) is 8.90. The average Bonchev–Trinajstić information content (AvgIpc) is 2.24. The minimum atomic E-state index is 0.0416. The fourth-order valence-electron chi connectivity index (χ4n) is 1.38. The van der Waals surface area contributed by atoms with Crippen LogP contribution in [-0.2, 0) is 4.79 Å². The molecule has 1 amide bonds. The van der Waals surface area contributed by atoms with E-state index in [1.807, 2.05) is 0 Å². The molecule has 2 heteroatoms. The van der Waals surface area contributed by atoms with E-state index in [0.29, 0.717) is 0 Å². The topological polar surface area (TPSA) is 29.1 Å². The predicted molar refractivity (Wildman–Crippen MR) is 65.8 cm³/mol. The molecule has 0 aromatic rings. The summed E-state index contributed by atoms with van der Waals surface area (Å²) < 4.78 is 0. The van der Waals surface area contributed by atoms with E-state index >= 15 is 0 Å². The van der Waals surface area contributed by atoms with Crippen molar-refractivity contribution in [3.63, 3.8) is 0 Å². The molecule has 0 aliphatic heterocycles. The third-order valence-corrected chi connectivity index (χ3v) is 2.47. The second-order valence-corrected chi connectivity index (χ2v) is 4.02. The van der Waals surface area contributed by atoms with E-state index < -0.39 is 0 Å². The van der Waals surface area contributed by atoms with Crippen LogP contribution in [0.4, 0.5) is 0 Å². The van der Waals surface area contributed by atoms with Gasteiger partial charge < -0.3 is 5.32 Å². The van der Waals surface area contributed by atoms with Crippen molar-refractivity contribution in [2.45, 2.75) is 58.8 Å². The Hall–Kier alpha value is -0.790. The molecule has 0 bridgehead atoms. The molecule has 0 spiro atoms. The molecule has 0 aliphatic rings. The lowest BCUT2D eigenvalue weighted by Crippen LogP contribution is -2.25. The molecule has 2 nitrogen and oxygen atoms in total. The van der Waals surface area contributed by atoms with E-state index in [9.17, 15) is 4.79 Å². The molecule has 0 saturated heterocycles. The maximum atomic E-state index is 11.5. The quantitative estimate of drug-likeness (QED) is 0.459. The van der Waals surface area contributed by atoms with Gasteiger partial charge in [0.2, 0.25) is 5.91 Å². The van der Waals surface area contributed by atoms with Gasteiger partial charge in [-0.25, -0.2) is 0 Å². The summed E-state index contributed by atoms with van der Waals surface area (Å²) >= 11 is 0. The zero-order chi connectivity index (χ0) is 11.5. The fraction of sp³-hybridized carbons (Fsp3) is 0.769. The summed E-state index contributed by atoms with van der Waals surface area (Å²) in [5, 5.41) is 2.89. The van der Waals surface area contributed by atoms with E-state index in [4.69, 9.17) is 0 Å². The molecule has 88 valence electrons. The Labute approximate surface area is 94.1 Å². The molecule has 0 unspecified atom stereocenters. The van der Waals surface area contributed by atoms with E-state index in [1.54, 1.807) is 0 Å². The van der Waals surface area contributed by atoms with Gasteiger partial charge in [0.05, 0.1) is 0 Å². The van der Waals surface area contributed by atoms with Gasteiger partial charge in [-0.15, -0.1) is 0 Å². The summed E-state index contributed by atoms with van der Waals surface area (Å²) in [4.78, 5) is 11.5. The zero-order valence-corrected chi connectivity index (χ0v) is 10.3. The van der Waals surface area contributed by atoms with Gasteiger partial charge >= 0.3 is 0 Å². The van der Waals surface area contributed by atoms with E-state index in [-0.39, 0.29) is 5.91 Å². The fourth-order valence-corrected chi connectivity index (χ4v) is 1.38. The van der Waals surface area contributed by atoms with Crippen LogP contribution in [0.2, 0.25) is 0 Å². The Bertz CT molecular complexity index is 187. The Morgan fingerprint density at radius 1 is 1.07 bits per heavy atom. The van der Waals surface area contributed by atoms with Crippen molar-refractivity contribution in [2.24, 2.45) is 0 Å². The molecule has 0 rings (SSSR count). The minimum absolute atomic E-state index is 0.0416. The molecule has 15 heavy (non-hydrogen) atoms. The van der Waals surface area contributed by atoms with Crippen LogP contribution in [0.3, 0.4) is 0 Å². The van der Waals surface area contributed by atoms with Crippen LogP contribution < -0.4 is 5.32 Å². The van der Waals surface area contributed by atoms with Gasteiger partial charge in [0.25, 0.3) is 0 Å². The number of hydrogen-bond donors (Lipinski definition) is 1. The average molecular weight is 211 g/mol. The summed E-state index contributed by atoms with van der Waals surface area (Å²) in [6.07, 6.45) is 7.79. The SMILES string of the molecule is C=C(CCCCCC)C(=O)NCCCC. The number of rotatable bonds is 9. The molecule has 0 aromatic carbocycles. The van der Waals surface area contributed by atoms with Crippen molar-refractivity contribution in [1.82, 2.24) is 5.32 Å². The number of unbranched alkanes of at least 4 members (excludes halogenated alkanes) is 4. The van der Waals surface area contributed by atoms with Gasteiger partial charge in [0.15, 0.2) is 0 Å². The van der Waals surface area contributed by atoms with Crippen molar-refractivity contribution in [3.8, 4) is 0 Å². The van der Waals surface area contributed by atoms with Gasteiger partial charge in [-0.3, -0.25) is 4.79 Å².